The first-order chi connectivity index (χ1) is 13.4. The molecule has 0 aliphatic carbocycles. The minimum absolute atomic E-state index is 0.132. The number of thioether (sulfide) groups is 1. The number of carbonyl (C=O) groups excluding carboxylic acids is 1. The third-order valence-corrected chi connectivity index (χ3v) is 5.49. The van der Waals surface area contributed by atoms with Crippen LogP contribution in [0.5, 0.6) is 0 Å². The quantitative estimate of drug-likeness (QED) is 0.359. The van der Waals surface area contributed by atoms with E-state index >= 15 is 0 Å². The number of rotatable bonds is 3. The fourth-order valence-corrected chi connectivity index (χ4v) is 4.16. The van der Waals surface area contributed by atoms with E-state index < -0.39 is 11.6 Å². The van der Waals surface area contributed by atoms with Crippen molar-refractivity contribution >= 4 is 57.6 Å². The number of amides is 1. The molecule has 0 saturated carbocycles. The van der Waals surface area contributed by atoms with E-state index in [9.17, 15) is 13.6 Å². The number of hydrogen-bond donors (Lipinski definition) is 0. The van der Waals surface area contributed by atoms with Gasteiger partial charge in [-0.2, -0.15) is 0 Å². The van der Waals surface area contributed by atoms with Crippen LogP contribution in [0.15, 0.2) is 63.9 Å². The number of thiocarbonyl (C=S) groups is 1. The maximum atomic E-state index is 13.9. The molecular formula is C20H10ClF2NO2S2. The van der Waals surface area contributed by atoms with Crippen LogP contribution in [0.2, 0.25) is 5.02 Å². The lowest BCUT2D eigenvalue weighted by Gasteiger charge is -2.14. The topological polar surface area (TPSA) is 33.5 Å². The molecule has 1 aliphatic heterocycles. The highest BCUT2D eigenvalue weighted by Crippen LogP contribution is 2.37. The zero-order chi connectivity index (χ0) is 19.8. The second-order valence-electron chi connectivity index (χ2n) is 5.82. The predicted molar refractivity (Wildman–Crippen MR) is 111 cm³/mol. The average Bonchev–Trinajstić information content (AvgIpc) is 3.20. The summed E-state index contributed by atoms with van der Waals surface area (Å²) in [7, 11) is 0. The largest absolute Gasteiger partial charge is 0.457 e. The van der Waals surface area contributed by atoms with Gasteiger partial charge in [0.1, 0.15) is 23.2 Å². The molecule has 0 bridgehead atoms. The van der Waals surface area contributed by atoms with Crippen molar-refractivity contribution in [2.75, 3.05) is 4.90 Å². The minimum atomic E-state index is -0.729. The summed E-state index contributed by atoms with van der Waals surface area (Å²) in [5, 5.41) is 0.493. The van der Waals surface area contributed by atoms with Gasteiger partial charge in [-0.05, 0) is 42.5 Å². The molecule has 1 amide bonds. The normalized spacial score (nSPS) is 15.7. The second-order valence-corrected chi connectivity index (χ2v) is 7.94. The molecule has 0 N–H and O–H groups in total. The molecule has 8 heteroatoms. The second kappa shape index (κ2) is 7.50. The molecule has 28 heavy (non-hydrogen) atoms. The highest BCUT2D eigenvalue weighted by atomic mass is 35.5. The number of benzene rings is 2. The standard InChI is InChI=1S/C20H10ClF2NO2S2/c21-11-2-1-3-13(8-11)24-19(25)18(28-20(24)27)10-14-5-7-17(26-14)15-6-4-12(22)9-16(15)23/h1-10H/b18-10-. The van der Waals surface area contributed by atoms with Crippen LogP contribution in [0.1, 0.15) is 5.76 Å². The minimum Gasteiger partial charge on any atom is -0.457 e. The summed E-state index contributed by atoms with van der Waals surface area (Å²) in [6, 6.07) is 13.2. The Morgan fingerprint density at radius 1 is 1.11 bits per heavy atom. The molecule has 0 radical (unpaired) electrons. The molecule has 0 atom stereocenters. The summed E-state index contributed by atoms with van der Waals surface area (Å²) < 4.78 is 33.0. The van der Waals surface area contributed by atoms with Gasteiger partial charge in [0.15, 0.2) is 4.32 Å². The van der Waals surface area contributed by atoms with E-state index in [-0.39, 0.29) is 17.2 Å². The van der Waals surface area contributed by atoms with Crippen molar-refractivity contribution < 1.29 is 18.0 Å². The van der Waals surface area contributed by atoms with Crippen LogP contribution in [-0.2, 0) is 4.79 Å². The van der Waals surface area contributed by atoms with Gasteiger partial charge in [0.25, 0.3) is 5.91 Å². The Kier molecular flexibility index (Phi) is 5.05. The van der Waals surface area contributed by atoms with E-state index in [2.05, 4.69) is 0 Å². The smallest absolute Gasteiger partial charge is 0.270 e. The lowest BCUT2D eigenvalue weighted by atomic mass is 10.1. The first-order valence-electron chi connectivity index (χ1n) is 8.01. The van der Waals surface area contributed by atoms with E-state index in [0.717, 1.165) is 23.9 Å². The number of carbonyl (C=O) groups is 1. The molecule has 1 aliphatic rings. The van der Waals surface area contributed by atoms with Crippen LogP contribution in [0.4, 0.5) is 14.5 Å². The molecule has 140 valence electrons. The molecule has 2 heterocycles. The Bertz CT molecular complexity index is 1140. The Morgan fingerprint density at radius 3 is 2.68 bits per heavy atom. The molecule has 0 unspecified atom stereocenters. The van der Waals surface area contributed by atoms with E-state index in [0.29, 0.717) is 25.7 Å². The Morgan fingerprint density at radius 2 is 1.93 bits per heavy atom. The molecule has 3 aromatic rings. The number of hydrogen-bond acceptors (Lipinski definition) is 4. The van der Waals surface area contributed by atoms with Gasteiger partial charge in [0.2, 0.25) is 0 Å². The zero-order valence-corrected chi connectivity index (χ0v) is 16.4. The molecule has 1 aromatic heterocycles. The lowest BCUT2D eigenvalue weighted by Crippen LogP contribution is -2.27. The SMILES string of the molecule is O=C1/C(=C/c2ccc(-c3ccc(F)cc3F)o2)SC(=S)N1c1cccc(Cl)c1. The Hall–Kier alpha value is -2.48. The van der Waals surface area contributed by atoms with Gasteiger partial charge < -0.3 is 4.42 Å². The third kappa shape index (κ3) is 3.61. The highest BCUT2D eigenvalue weighted by molar-refractivity contribution is 8.27. The fourth-order valence-electron chi connectivity index (χ4n) is 2.70. The number of nitrogens with zero attached hydrogens (tertiary/aromatic N) is 1. The van der Waals surface area contributed by atoms with Crippen LogP contribution >= 0.6 is 35.6 Å². The van der Waals surface area contributed by atoms with Crippen molar-refractivity contribution in [3.63, 3.8) is 0 Å². The van der Waals surface area contributed by atoms with Gasteiger partial charge in [0.05, 0.1) is 16.2 Å². The fraction of sp³-hybridized carbons (Fsp3) is 0. The average molecular weight is 434 g/mol. The Balaban J connectivity index is 1.62. The van der Waals surface area contributed by atoms with Crippen LogP contribution in [-0.4, -0.2) is 10.2 Å². The van der Waals surface area contributed by atoms with Crippen molar-refractivity contribution in [2.24, 2.45) is 0 Å². The summed E-state index contributed by atoms with van der Waals surface area (Å²) in [6.07, 6.45) is 1.54. The monoisotopic (exact) mass is 433 g/mol. The van der Waals surface area contributed by atoms with E-state index in [1.165, 1.54) is 17.0 Å². The predicted octanol–water partition coefficient (Wildman–Crippen LogP) is 6.28. The number of anilines is 1. The molecule has 3 nitrogen and oxygen atoms in total. The summed E-state index contributed by atoms with van der Waals surface area (Å²) in [6.45, 7) is 0. The summed E-state index contributed by atoms with van der Waals surface area (Å²) >= 11 is 12.4. The summed E-state index contributed by atoms with van der Waals surface area (Å²) in [5.41, 5.74) is 0.708. The van der Waals surface area contributed by atoms with E-state index in [4.69, 9.17) is 28.2 Å². The maximum absolute atomic E-state index is 13.9. The van der Waals surface area contributed by atoms with Crippen LogP contribution < -0.4 is 4.90 Å². The number of furan rings is 1. The summed E-state index contributed by atoms with van der Waals surface area (Å²) in [5.74, 6) is -1.12. The molecule has 2 aromatic carbocycles. The van der Waals surface area contributed by atoms with Crippen molar-refractivity contribution in [1.82, 2.24) is 0 Å². The number of halogens is 3. The molecular weight excluding hydrogens is 424 g/mol. The van der Waals surface area contributed by atoms with Crippen LogP contribution in [0.25, 0.3) is 17.4 Å². The zero-order valence-electron chi connectivity index (χ0n) is 14.0. The van der Waals surface area contributed by atoms with Gasteiger partial charge >= 0.3 is 0 Å². The first-order valence-corrected chi connectivity index (χ1v) is 9.61. The van der Waals surface area contributed by atoms with E-state index in [1.807, 2.05) is 0 Å². The third-order valence-electron chi connectivity index (χ3n) is 3.96. The highest BCUT2D eigenvalue weighted by Gasteiger charge is 2.33. The maximum Gasteiger partial charge on any atom is 0.270 e. The van der Waals surface area contributed by atoms with Gasteiger partial charge in [-0.15, -0.1) is 0 Å². The molecule has 1 fully saturated rings. The van der Waals surface area contributed by atoms with Crippen molar-refractivity contribution in [3.05, 3.63) is 81.9 Å². The summed E-state index contributed by atoms with van der Waals surface area (Å²) in [4.78, 5) is 14.5. The van der Waals surface area contributed by atoms with Gasteiger partial charge in [0, 0.05) is 17.2 Å². The van der Waals surface area contributed by atoms with Crippen molar-refractivity contribution in [2.45, 2.75) is 0 Å². The Labute approximate surface area is 173 Å². The molecule has 1 saturated heterocycles. The lowest BCUT2D eigenvalue weighted by molar-refractivity contribution is -0.113. The van der Waals surface area contributed by atoms with Gasteiger partial charge in [-0.3, -0.25) is 9.69 Å². The first kappa shape index (κ1) is 18.9. The molecule has 0 spiro atoms. The van der Waals surface area contributed by atoms with Gasteiger partial charge in [-0.1, -0.05) is 41.6 Å². The van der Waals surface area contributed by atoms with Crippen molar-refractivity contribution in [3.8, 4) is 11.3 Å². The van der Waals surface area contributed by atoms with Gasteiger partial charge in [-0.25, -0.2) is 8.78 Å². The van der Waals surface area contributed by atoms with Crippen molar-refractivity contribution in [1.29, 1.82) is 0 Å². The van der Waals surface area contributed by atoms with Crippen LogP contribution in [0, 0.1) is 11.6 Å². The van der Waals surface area contributed by atoms with E-state index in [1.54, 1.807) is 36.4 Å². The van der Waals surface area contributed by atoms with Crippen LogP contribution in [0.3, 0.4) is 0 Å². The molecule has 4 rings (SSSR count).